The molecule has 0 aliphatic heterocycles. The van der Waals surface area contributed by atoms with Crippen molar-refractivity contribution in [3.8, 4) is 5.75 Å². The van der Waals surface area contributed by atoms with Crippen LogP contribution in [0.3, 0.4) is 0 Å². The van der Waals surface area contributed by atoms with Gasteiger partial charge in [-0.15, -0.1) is 0 Å². The van der Waals surface area contributed by atoms with Crippen LogP contribution in [-0.2, 0) is 20.4 Å². The molecule has 4 nitrogen and oxygen atoms in total. The first-order chi connectivity index (χ1) is 11.1. The summed E-state index contributed by atoms with van der Waals surface area (Å²) in [6, 6.07) is 6.73. The van der Waals surface area contributed by atoms with Gasteiger partial charge >= 0.3 is 0 Å². The molecule has 118 valence electrons. The first-order valence-electron chi connectivity index (χ1n) is 7.64. The van der Waals surface area contributed by atoms with E-state index in [4.69, 9.17) is 4.74 Å². The molecule has 1 saturated carbocycles. The second-order valence-corrected chi connectivity index (χ2v) is 7.67. The van der Waals surface area contributed by atoms with E-state index in [1.54, 1.807) is 31.4 Å². The van der Waals surface area contributed by atoms with E-state index in [2.05, 4.69) is 6.08 Å². The van der Waals surface area contributed by atoms with Gasteiger partial charge in [-0.1, -0.05) is 12.2 Å². The Balaban J connectivity index is 1.67. The van der Waals surface area contributed by atoms with Crippen molar-refractivity contribution >= 4 is 22.4 Å². The predicted molar refractivity (Wildman–Crippen MR) is 85.2 cm³/mol. The van der Waals surface area contributed by atoms with Gasteiger partial charge < -0.3 is 4.74 Å². The van der Waals surface area contributed by atoms with Crippen LogP contribution in [0.4, 0.5) is 0 Å². The van der Waals surface area contributed by atoms with Crippen LogP contribution in [-0.4, -0.2) is 22.9 Å². The Kier molecular flexibility index (Phi) is 3.34. The number of ether oxygens (including phenoxy) is 1. The van der Waals surface area contributed by atoms with Crippen LogP contribution >= 0.6 is 0 Å². The number of rotatable bonds is 3. The Labute approximate surface area is 136 Å². The molecular formula is C18H16O4S. The van der Waals surface area contributed by atoms with Crippen molar-refractivity contribution in [3.05, 3.63) is 47.4 Å². The van der Waals surface area contributed by atoms with Gasteiger partial charge in [-0.05, 0) is 42.5 Å². The monoisotopic (exact) mass is 328 g/mol. The summed E-state index contributed by atoms with van der Waals surface area (Å²) in [5, 5.41) is 0. The van der Waals surface area contributed by atoms with Crippen LogP contribution in [0.5, 0.6) is 5.75 Å². The third-order valence-electron chi connectivity index (χ3n) is 5.08. The van der Waals surface area contributed by atoms with Crippen LogP contribution in [0.2, 0.25) is 0 Å². The van der Waals surface area contributed by atoms with E-state index in [-0.39, 0.29) is 40.1 Å². The number of allylic oxidation sites excluding steroid dienone is 4. The second-order valence-electron chi connectivity index (χ2n) is 6.22. The molecule has 3 aliphatic rings. The van der Waals surface area contributed by atoms with Crippen molar-refractivity contribution in [1.82, 2.24) is 0 Å². The van der Waals surface area contributed by atoms with Gasteiger partial charge in [0.2, 0.25) is 0 Å². The molecular weight excluding hydrogens is 312 g/mol. The maximum absolute atomic E-state index is 12.8. The van der Waals surface area contributed by atoms with Gasteiger partial charge in [0.25, 0.3) is 0 Å². The largest absolute Gasteiger partial charge is 0.497 e. The van der Waals surface area contributed by atoms with Crippen molar-refractivity contribution in [1.29, 1.82) is 0 Å². The Morgan fingerprint density at radius 2 is 1.70 bits per heavy atom. The fourth-order valence-corrected chi connectivity index (χ4v) is 5.18. The highest BCUT2D eigenvalue weighted by Crippen LogP contribution is 2.51. The number of carbonyl (C=O) groups excluding carboxylic acids is 2. The minimum atomic E-state index is -1.63. The average molecular weight is 328 g/mol. The van der Waals surface area contributed by atoms with Gasteiger partial charge in [-0.3, -0.25) is 9.59 Å². The molecule has 0 spiro atoms. The third kappa shape index (κ3) is 2.14. The molecule has 1 fully saturated rings. The summed E-state index contributed by atoms with van der Waals surface area (Å²) in [6.07, 6.45) is 6.27. The molecule has 0 N–H and O–H groups in total. The number of hydrogen-bond acceptors (Lipinski definition) is 4. The number of benzene rings is 1. The van der Waals surface area contributed by atoms with Crippen molar-refractivity contribution in [2.45, 2.75) is 11.3 Å². The molecule has 2 bridgehead atoms. The van der Waals surface area contributed by atoms with Crippen LogP contribution in [0.1, 0.15) is 6.42 Å². The zero-order valence-electron chi connectivity index (χ0n) is 12.6. The smallest absolute Gasteiger partial charge is 0.176 e. The molecule has 0 saturated heterocycles. The molecule has 1 aromatic rings. The van der Waals surface area contributed by atoms with E-state index in [9.17, 15) is 13.8 Å². The van der Waals surface area contributed by atoms with Crippen molar-refractivity contribution in [3.63, 3.8) is 0 Å². The first-order valence-corrected chi connectivity index (χ1v) is 8.79. The second kappa shape index (κ2) is 5.27. The van der Waals surface area contributed by atoms with Crippen LogP contribution < -0.4 is 4.74 Å². The Morgan fingerprint density at radius 1 is 1.04 bits per heavy atom. The highest BCUT2D eigenvalue weighted by atomic mass is 32.2. The Morgan fingerprint density at radius 3 is 2.35 bits per heavy atom. The highest BCUT2D eigenvalue weighted by Gasteiger charge is 2.54. The summed E-state index contributed by atoms with van der Waals surface area (Å²) >= 11 is 0. The van der Waals surface area contributed by atoms with Gasteiger partial charge in [-0.25, -0.2) is 4.21 Å². The summed E-state index contributed by atoms with van der Waals surface area (Å²) in [5.74, 6) is 0.216. The first kappa shape index (κ1) is 14.6. The molecule has 0 heterocycles. The number of ketones is 2. The normalized spacial score (nSPS) is 32.7. The van der Waals surface area contributed by atoms with Crippen LogP contribution in [0.15, 0.2) is 52.3 Å². The lowest BCUT2D eigenvalue weighted by atomic mass is 9.75. The SMILES string of the molecule is COc1ccc([S@](=O)C2=CC(=O)[C@@H]3[C@H](C2=O)[C@@H]2C=C[C@H]3C2)cc1. The quantitative estimate of drug-likeness (QED) is 0.799. The number of fused-ring (bicyclic) bond motifs is 5. The van der Waals surface area contributed by atoms with E-state index >= 15 is 0 Å². The van der Waals surface area contributed by atoms with Gasteiger partial charge in [0, 0.05) is 22.8 Å². The molecule has 5 atom stereocenters. The Bertz CT molecular complexity index is 775. The number of carbonyl (C=O) groups is 2. The maximum Gasteiger partial charge on any atom is 0.176 e. The molecule has 1 aromatic carbocycles. The van der Waals surface area contributed by atoms with E-state index in [0.29, 0.717) is 10.6 Å². The van der Waals surface area contributed by atoms with Crippen molar-refractivity contribution in [2.24, 2.45) is 23.7 Å². The molecule has 0 unspecified atom stereocenters. The molecule has 0 amide bonds. The highest BCUT2D eigenvalue weighted by molar-refractivity contribution is 7.90. The lowest BCUT2D eigenvalue weighted by Gasteiger charge is -2.29. The number of Topliss-reactive ketones (excluding diaryl/α,β-unsaturated/α-hetero) is 1. The minimum Gasteiger partial charge on any atom is -0.497 e. The average Bonchev–Trinajstić information content (AvgIpc) is 3.19. The third-order valence-corrected chi connectivity index (χ3v) is 6.50. The van der Waals surface area contributed by atoms with Gasteiger partial charge in [0.1, 0.15) is 5.75 Å². The maximum atomic E-state index is 12.8. The van der Waals surface area contributed by atoms with E-state index in [1.165, 1.54) is 6.08 Å². The van der Waals surface area contributed by atoms with Gasteiger partial charge in [-0.2, -0.15) is 0 Å². The van der Waals surface area contributed by atoms with E-state index in [0.717, 1.165) is 6.42 Å². The summed E-state index contributed by atoms with van der Waals surface area (Å²) in [6.45, 7) is 0. The molecule has 4 rings (SSSR count). The minimum absolute atomic E-state index is 0.0525. The van der Waals surface area contributed by atoms with Gasteiger partial charge in [0.05, 0.1) is 22.8 Å². The zero-order valence-corrected chi connectivity index (χ0v) is 13.4. The summed E-state index contributed by atoms with van der Waals surface area (Å²) in [4.78, 5) is 25.9. The van der Waals surface area contributed by atoms with E-state index in [1.807, 2.05) is 6.08 Å². The molecule has 23 heavy (non-hydrogen) atoms. The van der Waals surface area contributed by atoms with Crippen LogP contribution in [0.25, 0.3) is 0 Å². The Hall–Kier alpha value is -2.01. The van der Waals surface area contributed by atoms with Crippen molar-refractivity contribution in [2.75, 3.05) is 7.11 Å². The lowest BCUT2D eigenvalue weighted by molar-refractivity contribution is -0.129. The molecule has 0 aromatic heterocycles. The molecule has 5 heteroatoms. The van der Waals surface area contributed by atoms with E-state index < -0.39 is 10.8 Å². The fourth-order valence-electron chi connectivity index (χ4n) is 4.00. The molecule has 3 aliphatic carbocycles. The zero-order chi connectivity index (χ0) is 16.1. The van der Waals surface area contributed by atoms with Gasteiger partial charge in [0.15, 0.2) is 11.6 Å². The fraction of sp³-hybridized carbons (Fsp3) is 0.333. The molecule has 0 radical (unpaired) electrons. The topological polar surface area (TPSA) is 60.4 Å². The predicted octanol–water partition coefficient (Wildman–Crippen LogP) is 2.28. The van der Waals surface area contributed by atoms with Crippen LogP contribution in [0, 0.1) is 23.7 Å². The summed E-state index contributed by atoms with van der Waals surface area (Å²) in [5.41, 5.74) is 0. The lowest BCUT2D eigenvalue weighted by Crippen LogP contribution is -2.38. The standard InChI is InChI=1S/C18H16O4S/c1-22-12-4-6-13(7-5-12)23(21)15-9-14(19)16-10-2-3-11(8-10)17(16)18(15)20/h2-7,9-11,16-17H,8H2,1H3/t10-,11+,16+,17+,23-/m0/s1. The number of methoxy groups -OCH3 is 1. The van der Waals surface area contributed by atoms with Crippen molar-refractivity contribution < 1.29 is 18.5 Å². The summed E-state index contributed by atoms with van der Waals surface area (Å²) < 4.78 is 17.8. The number of hydrogen-bond donors (Lipinski definition) is 0. The summed E-state index contributed by atoms with van der Waals surface area (Å²) in [7, 11) is -0.0752.